The van der Waals surface area contributed by atoms with E-state index in [2.05, 4.69) is 15.2 Å². The molecule has 230 valence electrons. The van der Waals surface area contributed by atoms with Crippen molar-refractivity contribution in [1.29, 1.82) is 0 Å². The zero-order valence-electron chi connectivity index (χ0n) is 25.4. The standard InChI is InChI=1S/C33H43N5O5/c1-4-42-33(40)36-27-12-8-9-13-28(27)38-22-35-30(31(38)24-10-6-5-7-11-24)32(39)37-18-17-34-21-25(37)16-19-43-29-20-26(41-3)15-14-23(29)2/h5-7,10-11,14-15,20,22,25,27-28,34H,4,8-9,12-13,16-19,21H2,1-3H3,(H,36,40)/t25-,27+,28+/m1/s1. The number of carbonyl (C=O) groups is 2. The Morgan fingerprint density at radius 1 is 1.12 bits per heavy atom. The minimum Gasteiger partial charge on any atom is -0.497 e. The first-order valence-electron chi connectivity index (χ1n) is 15.3. The Morgan fingerprint density at radius 2 is 1.93 bits per heavy atom. The molecule has 10 nitrogen and oxygen atoms in total. The first-order chi connectivity index (χ1) is 21.0. The smallest absolute Gasteiger partial charge is 0.407 e. The first-order valence-corrected chi connectivity index (χ1v) is 15.3. The summed E-state index contributed by atoms with van der Waals surface area (Å²) in [5, 5.41) is 6.51. The molecule has 2 amide bonds. The van der Waals surface area contributed by atoms with Crippen LogP contribution in [-0.2, 0) is 4.74 Å². The van der Waals surface area contributed by atoms with Crippen molar-refractivity contribution in [1.82, 2.24) is 25.1 Å². The summed E-state index contributed by atoms with van der Waals surface area (Å²) in [4.78, 5) is 33.4. The number of alkyl carbamates (subject to hydrolysis) is 1. The second-order valence-electron chi connectivity index (χ2n) is 11.2. The zero-order chi connectivity index (χ0) is 30.2. The monoisotopic (exact) mass is 589 g/mol. The lowest BCUT2D eigenvalue weighted by atomic mass is 9.89. The Bertz CT molecular complexity index is 1380. The van der Waals surface area contributed by atoms with Gasteiger partial charge in [0.15, 0.2) is 5.69 Å². The van der Waals surface area contributed by atoms with Crippen LogP contribution in [0.25, 0.3) is 11.3 Å². The highest BCUT2D eigenvalue weighted by Crippen LogP contribution is 2.35. The summed E-state index contributed by atoms with van der Waals surface area (Å²) in [6, 6.07) is 15.5. The Kier molecular flexibility index (Phi) is 10.2. The highest BCUT2D eigenvalue weighted by Gasteiger charge is 2.35. The van der Waals surface area contributed by atoms with E-state index in [0.29, 0.717) is 45.0 Å². The molecule has 1 aromatic heterocycles. The molecular weight excluding hydrogens is 546 g/mol. The van der Waals surface area contributed by atoms with Crippen molar-refractivity contribution in [2.24, 2.45) is 0 Å². The van der Waals surface area contributed by atoms with E-state index in [1.807, 2.05) is 60.4 Å². The lowest BCUT2D eigenvalue weighted by molar-refractivity contribution is 0.0601. The number of aromatic nitrogens is 2. The Hall–Kier alpha value is -4.05. The van der Waals surface area contributed by atoms with Crippen LogP contribution in [0.2, 0.25) is 0 Å². The van der Waals surface area contributed by atoms with E-state index in [0.717, 1.165) is 54.0 Å². The summed E-state index contributed by atoms with van der Waals surface area (Å²) in [5.74, 6) is 1.44. The third-order valence-corrected chi connectivity index (χ3v) is 8.42. The SMILES string of the molecule is CCOC(=O)N[C@H]1CCCC[C@@H]1n1cnc(C(=O)N2CCNC[C@H]2CCOc2cc(OC)ccc2C)c1-c1ccccc1. The second-order valence-corrected chi connectivity index (χ2v) is 11.2. The molecule has 1 saturated carbocycles. The van der Waals surface area contributed by atoms with Gasteiger partial charge in [-0.25, -0.2) is 9.78 Å². The highest BCUT2D eigenvalue weighted by molar-refractivity contribution is 5.98. The van der Waals surface area contributed by atoms with Crippen molar-refractivity contribution in [3.05, 3.63) is 66.1 Å². The highest BCUT2D eigenvalue weighted by atomic mass is 16.5. The van der Waals surface area contributed by atoms with Gasteiger partial charge in [-0.05, 0) is 38.3 Å². The third-order valence-electron chi connectivity index (χ3n) is 8.42. The van der Waals surface area contributed by atoms with Crippen LogP contribution in [0.3, 0.4) is 0 Å². The number of nitrogens with zero attached hydrogens (tertiary/aromatic N) is 3. The van der Waals surface area contributed by atoms with E-state index in [1.54, 1.807) is 20.4 Å². The van der Waals surface area contributed by atoms with Crippen LogP contribution >= 0.6 is 0 Å². The summed E-state index contributed by atoms with van der Waals surface area (Å²) in [6.07, 6.45) is 5.81. The number of hydrogen-bond acceptors (Lipinski definition) is 7. The van der Waals surface area contributed by atoms with Gasteiger partial charge in [0, 0.05) is 43.7 Å². The molecule has 3 aromatic rings. The number of amides is 2. The van der Waals surface area contributed by atoms with Gasteiger partial charge in [0.05, 0.1) is 44.4 Å². The minimum atomic E-state index is -0.410. The van der Waals surface area contributed by atoms with E-state index in [-0.39, 0.29) is 24.0 Å². The molecule has 1 saturated heterocycles. The van der Waals surface area contributed by atoms with Gasteiger partial charge in [0.25, 0.3) is 5.91 Å². The number of hydrogen-bond donors (Lipinski definition) is 2. The normalized spacial score (nSPS) is 20.3. The van der Waals surface area contributed by atoms with Gasteiger partial charge in [0.1, 0.15) is 11.5 Å². The van der Waals surface area contributed by atoms with Gasteiger partial charge in [-0.2, -0.15) is 0 Å². The van der Waals surface area contributed by atoms with Crippen LogP contribution in [0.1, 0.15) is 61.1 Å². The van der Waals surface area contributed by atoms with E-state index in [9.17, 15) is 9.59 Å². The van der Waals surface area contributed by atoms with Gasteiger partial charge in [-0.1, -0.05) is 49.2 Å². The van der Waals surface area contributed by atoms with Crippen LogP contribution in [0, 0.1) is 6.92 Å². The molecule has 2 heterocycles. The molecular formula is C33H43N5O5. The van der Waals surface area contributed by atoms with Gasteiger partial charge in [0.2, 0.25) is 0 Å². The first kappa shape index (κ1) is 30.4. The summed E-state index contributed by atoms with van der Waals surface area (Å²) < 4.78 is 18.8. The van der Waals surface area contributed by atoms with Crippen LogP contribution in [0.5, 0.6) is 11.5 Å². The maximum atomic E-state index is 14.3. The molecule has 2 N–H and O–H groups in total. The van der Waals surface area contributed by atoms with Crippen molar-refractivity contribution >= 4 is 12.0 Å². The number of methoxy groups -OCH3 is 1. The number of imidazole rings is 1. The summed E-state index contributed by atoms with van der Waals surface area (Å²) in [7, 11) is 1.64. The fourth-order valence-corrected chi connectivity index (χ4v) is 6.18. The molecule has 1 aliphatic carbocycles. The van der Waals surface area contributed by atoms with E-state index in [4.69, 9.17) is 19.2 Å². The molecule has 0 radical (unpaired) electrons. The van der Waals surface area contributed by atoms with E-state index in [1.165, 1.54) is 0 Å². The maximum Gasteiger partial charge on any atom is 0.407 e. The number of aryl methyl sites for hydroxylation is 1. The summed E-state index contributed by atoms with van der Waals surface area (Å²) in [6.45, 7) is 6.57. The number of carbonyl (C=O) groups excluding carboxylic acids is 2. The fourth-order valence-electron chi connectivity index (χ4n) is 6.18. The minimum absolute atomic E-state index is 0.0410. The maximum absolute atomic E-state index is 14.3. The Labute approximate surface area is 253 Å². The molecule has 0 spiro atoms. The third kappa shape index (κ3) is 7.13. The Balaban J connectivity index is 1.39. The van der Waals surface area contributed by atoms with E-state index < -0.39 is 6.09 Å². The van der Waals surface area contributed by atoms with Crippen LogP contribution in [0.15, 0.2) is 54.9 Å². The van der Waals surface area contributed by atoms with Gasteiger partial charge < -0.3 is 34.3 Å². The molecule has 2 fully saturated rings. The number of rotatable bonds is 10. The average molecular weight is 590 g/mol. The van der Waals surface area contributed by atoms with Crippen molar-refractivity contribution < 1.29 is 23.8 Å². The van der Waals surface area contributed by atoms with Gasteiger partial charge in [-0.15, -0.1) is 0 Å². The summed E-state index contributed by atoms with van der Waals surface area (Å²) in [5.41, 5.74) is 3.18. The molecule has 2 aromatic carbocycles. The van der Waals surface area contributed by atoms with Crippen LogP contribution in [-0.4, -0.2) is 78.5 Å². The van der Waals surface area contributed by atoms with Gasteiger partial charge >= 0.3 is 6.09 Å². The fraction of sp³-hybridized carbons (Fsp3) is 0.485. The molecule has 43 heavy (non-hydrogen) atoms. The summed E-state index contributed by atoms with van der Waals surface area (Å²) >= 11 is 0. The van der Waals surface area contributed by atoms with Crippen molar-refractivity contribution in [3.8, 4) is 22.8 Å². The van der Waals surface area contributed by atoms with Crippen molar-refractivity contribution in [2.45, 2.75) is 64.1 Å². The lowest BCUT2D eigenvalue weighted by Gasteiger charge is -2.36. The lowest BCUT2D eigenvalue weighted by Crippen LogP contribution is -2.54. The van der Waals surface area contributed by atoms with Crippen molar-refractivity contribution in [2.75, 3.05) is 40.0 Å². The zero-order valence-corrected chi connectivity index (χ0v) is 25.4. The van der Waals surface area contributed by atoms with E-state index >= 15 is 0 Å². The number of benzene rings is 2. The molecule has 1 aliphatic heterocycles. The topological polar surface area (TPSA) is 107 Å². The molecule has 5 rings (SSSR count). The molecule has 0 bridgehead atoms. The quantitative estimate of drug-likeness (QED) is 0.344. The second kappa shape index (κ2) is 14.4. The Morgan fingerprint density at radius 3 is 2.72 bits per heavy atom. The largest absolute Gasteiger partial charge is 0.497 e. The molecule has 3 atom stereocenters. The average Bonchev–Trinajstić information content (AvgIpc) is 3.48. The predicted octanol–water partition coefficient (Wildman–Crippen LogP) is 4.98. The van der Waals surface area contributed by atoms with Crippen LogP contribution < -0.4 is 20.1 Å². The van der Waals surface area contributed by atoms with Gasteiger partial charge in [-0.3, -0.25) is 4.79 Å². The molecule has 2 aliphatic rings. The number of nitrogens with one attached hydrogen (secondary N) is 2. The molecule has 10 heteroatoms. The predicted molar refractivity (Wildman–Crippen MR) is 165 cm³/mol. The molecule has 0 unspecified atom stereocenters. The number of piperazine rings is 1. The van der Waals surface area contributed by atoms with Crippen LogP contribution in [0.4, 0.5) is 4.79 Å². The van der Waals surface area contributed by atoms with Crippen molar-refractivity contribution in [3.63, 3.8) is 0 Å². The number of ether oxygens (including phenoxy) is 3.